The molecule has 15 heavy (non-hydrogen) atoms. The first-order chi connectivity index (χ1) is 7.42. The van der Waals surface area contributed by atoms with Gasteiger partial charge in [0.05, 0.1) is 0 Å². The second-order valence-corrected chi connectivity index (χ2v) is 6.17. The predicted molar refractivity (Wildman–Crippen MR) is 71.2 cm³/mol. The van der Waals surface area contributed by atoms with E-state index in [1.165, 1.54) is 70.4 Å². The van der Waals surface area contributed by atoms with Crippen molar-refractivity contribution in [1.82, 2.24) is 0 Å². The Morgan fingerprint density at radius 1 is 0.733 bits per heavy atom. The minimum atomic E-state index is 1.05. The van der Waals surface area contributed by atoms with E-state index in [2.05, 4.69) is 9.24 Å². The van der Waals surface area contributed by atoms with Gasteiger partial charge in [0.25, 0.3) is 0 Å². The van der Waals surface area contributed by atoms with Crippen LogP contribution in [0.15, 0.2) is 0 Å². The summed E-state index contributed by atoms with van der Waals surface area (Å²) < 4.78 is 0. The molecule has 88 valence electrons. The van der Waals surface area contributed by atoms with Gasteiger partial charge in [-0.15, -0.1) is 9.24 Å². The normalized spacial score (nSPS) is 26.0. The van der Waals surface area contributed by atoms with Crippen molar-refractivity contribution in [1.29, 1.82) is 0 Å². The molecule has 0 aliphatic heterocycles. The van der Waals surface area contributed by atoms with E-state index in [9.17, 15) is 0 Å². The first-order valence-corrected chi connectivity index (χ1v) is 7.93. The third-order valence-electron chi connectivity index (χ3n) is 4.78. The summed E-state index contributed by atoms with van der Waals surface area (Å²) in [4.78, 5) is 0. The minimum Gasteiger partial charge on any atom is -0.137 e. The van der Waals surface area contributed by atoms with Crippen molar-refractivity contribution in [3.63, 3.8) is 0 Å². The zero-order valence-electron chi connectivity index (χ0n) is 10.1. The third kappa shape index (κ3) is 3.19. The average Bonchev–Trinajstić information content (AvgIpc) is 2.33. The maximum Gasteiger partial charge on any atom is -0.0323 e. The van der Waals surface area contributed by atoms with E-state index in [1.807, 2.05) is 0 Å². The van der Waals surface area contributed by atoms with Crippen molar-refractivity contribution in [2.45, 2.75) is 64.2 Å². The van der Waals surface area contributed by atoms with Crippen LogP contribution in [0.3, 0.4) is 0 Å². The van der Waals surface area contributed by atoms with Crippen molar-refractivity contribution >= 4 is 9.24 Å². The number of hydrogen-bond donors (Lipinski definition) is 0. The van der Waals surface area contributed by atoms with E-state index in [0.717, 1.165) is 17.8 Å². The first-order valence-electron chi connectivity index (χ1n) is 7.12. The Labute approximate surface area is 97.8 Å². The highest BCUT2D eigenvalue weighted by Crippen LogP contribution is 2.40. The zero-order chi connectivity index (χ0) is 10.5. The summed E-state index contributed by atoms with van der Waals surface area (Å²) >= 11 is 0. The molecule has 0 heterocycles. The van der Waals surface area contributed by atoms with Gasteiger partial charge in [0.15, 0.2) is 0 Å². The first kappa shape index (κ1) is 11.9. The topological polar surface area (TPSA) is 0 Å². The van der Waals surface area contributed by atoms with E-state index < -0.39 is 0 Å². The molecule has 0 nitrogen and oxygen atoms in total. The fraction of sp³-hybridized carbons (Fsp3) is 1.00. The Bertz CT molecular complexity index is 148. The molecule has 2 rings (SSSR count). The van der Waals surface area contributed by atoms with Gasteiger partial charge in [-0.1, -0.05) is 64.2 Å². The molecule has 0 aromatic carbocycles. The monoisotopic (exact) mass is 226 g/mol. The van der Waals surface area contributed by atoms with Gasteiger partial charge in [-0.2, -0.15) is 0 Å². The Balaban J connectivity index is 1.88. The fourth-order valence-corrected chi connectivity index (χ4v) is 4.66. The molecule has 0 saturated heterocycles. The van der Waals surface area contributed by atoms with Crippen molar-refractivity contribution in [3.8, 4) is 0 Å². The van der Waals surface area contributed by atoms with Crippen LogP contribution in [-0.2, 0) is 0 Å². The lowest BCUT2D eigenvalue weighted by atomic mass is 9.70. The van der Waals surface area contributed by atoms with Gasteiger partial charge in [-0.25, -0.2) is 0 Å². The summed E-state index contributed by atoms with van der Waals surface area (Å²) in [7, 11) is 3.04. The highest BCUT2D eigenvalue weighted by atomic mass is 31.0. The molecule has 1 unspecified atom stereocenters. The summed E-state index contributed by atoms with van der Waals surface area (Å²) in [6.07, 6.45) is 16.6. The van der Waals surface area contributed by atoms with Crippen LogP contribution in [0.1, 0.15) is 64.2 Å². The van der Waals surface area contributed by atoms with Crippen LogP contribution in [0, 0.1) is 17.8 Å². The van der Waals surface area contributed by atoms with Gasteiger partial charge in [-0.3, -0.25) is 0 Å². The molecule has 2 fully saturated rings. The van der Waals surface area contributed by atoms with Crippen molar-refractivity contribution in [2.75, 3.05) is 6.16 Å². The summed E-state index contributed by atoms with van der Waals surface area (Å²) in [6.45, 7) is 0. The van der Waals surface area contributed by atoms with Gasteiger partial charge in [0.2, 0.25) is 0 Å². The lowest BCUT2D eigenvalue weighted by Crippen LogP contribution is -2.28. The quantitative estimate of drug-likeness (QED) is 0.615. The maximum atomic E-state index is 3.04. The molecule has 0 aromatic rings. The van der Waals surface area contributed by atoms with Crippen LogP contribution in [0.2, 0.25) is 0 Å². The van der Waals surface area contributed by atoms with E-state index in [-0.39, 0.29) is 0 Å². The molecule has 0 N–H and O–H groups in total. The Morgan fingerprint density at radius 3 is 1.47 bits per heavy atom. The van der Waals surface area contributed by atoms with E-state index >= 15 is 0 Å². The Hall–Kier alpha value is 0.430. The highest BCUT2D eigenvalue weighted by Gasteiger charge is 2.29. The molecule has 0 amide bonds. The smallest absolute Gasteiger partial charge is 0.0323 e. The van der Waals surface area contributed by atoms with Gasteiger partial charge < -0.3 is 0 Å². The average molecular weight is 226 g/mol. The molecular weight excluding hydrogens is 199 g/mol. The molecule has 1 atom stereocenters. The molecule has 2 saturated carbocycles. The van der Waals surface area contributed by atoms with E-state index in [1.54, 1.807) is 0 Å². The molecule has 1 heteroatoms. The summed E-state index contributed by atoms with van der Waals surface area (Å²) in [6, 6.07) is 0. The van der Waals surface area contributed by atoms with Gasteiger partial charge in [0.1, 0.15) is 0 Å². The van der Waals surface area contributed by atoms with Crippen LogP contribution in [0.5, 0.6) is 0 Å². The SMILES string of the molecule is PCC(C1CCCCC1)C1CCCCC1. The molecular formula is C14H27P. The van der Waals surface area contributed by atoms with Crippen molar-refractivity contribution in [2.24, 2.45) is 17.8 Å². The predicted octanol–water partition coefficient (Wildman–Crippen LogP) is 4.64. The molecule has 0 radical (unpaired) electrons. The largest absolute Gasteiger partial charge is 0.137 e. The molecule has 0 bridgehead atoms. The minimum absolute atomic E-state index is 1.05. The third-order valence-corrected chi connectivity index (χ3v) is 5.33. The maximum absolute atomic E-state index is 3.04. The van der Waals surface area contributed by atoms with Crippen LogP contribution >= 0.6 is 9.24 Å². The lowest BCUT2D eigenvalue weighted by Gasteiger charge is -2.37. The van der Waals surface area contributed by atoms with Gasteiger partial charge >= 0.3 is 0 Å². The molecule has 0 spiro atoms. The highest BCUT2D eigenvalue weighted by molar-refractivity contribution is 7.16. The molecule has 2 aliphatic rings. The zero-order valence-corrected chi connectivity index (χ0v) is 11.2. The summed E-state index contributed by atoms with van der Waals surface area (Å²) in [5, 5.41) is 0. The number of rotatable bonds is 3. The number of hydrogen-bond acceptors (Lipinski definition) is 0. The fourth-order valence-electron chi connectivity index (χ4n) is 3.89. The van der Waals surface area contributed by atoms with E-state index in [0.29, 0.717) is 0 Å². The second kappa shape index (κ2) is 6.24. The van der Waals surface area contributed by atoms with Crippen LogP contribution in [-0.4, -0.2) is 6.16 Å². The van der Waals surface area contributed by atoms with Crippen molar-refractivity contribution < 1.29 is 0 Å². The van der Waals surface area contributed by atoms with Gasteiger partial charge in [0, 0.05) is 0 Å². The second-order valence-electron chi connectivity index (χ2n) is 5.70. The Morgan fingerprint density at radius 2 is 1.13 bits per heavy atom. The van der Waals surface area contributed by atoms with Crippen LogP contribution in [0.4, 0.5) is 0 Å². The molecule has 0 aromatic heterocycles. The molecule has 2 aliphatic carbocycles. The van der Waals surface area contributed by atoms with Crippen LogP contribution < -0.4 is 0 Å². The van der Waals surface area contributed by atoms with Gasteiger partial charge in [-0.05, 0) is 23.9 Å². The Kier molecular flexibility index (Phi) is 4.95. The van der Waals surface area contributed by atoms with E-state index in [4.69, 9.17) is 0 Å². The van der Waals surface area contributed by atoms with Crippen LogP contribution in [0.25, 0.3) is 0 Å². The summed E-state index contributed by atoms with van der Waals surface area (Å²) in [5.41, 5.74) is 0. The lowest BCUT2D eigenvalue weighted by molar-refractivity contribution is 0.163. The standard InChI is InChI=1S/C14H27P/c15-11-14(12-7-3-1-4-8-12)13-9-5-2-6-10-13/h12-14H,1-11,15H2. The van der Waals surface area contributed by atoms with Crippen molar-refractivity contribution in [3.05, 3.63) is 0 Å². The summed E-state index contributed by atoms with van der Waals surface area (Å²) in [5.74, 6) is 3.22.